The Bertz CT molecular complexity index is 672. The lowest BCUT2D eigenvalue weighted by atomic mass is 10.1. The SMILES string of the molecule is CCOC(=O)c1c(C)n(O)c2ccccc2c1=O. The number of rotatable bonds is 2. The van der Waals surface area contributed by atoms with Crippen molar-refractivity contribution in [3.63, 3.8) is 0 Å². The third-order valence-corrected chi connectivity index (χ3v) is 2.76. The molecular weight excluding hydrogens is 234 g/mol. The number of ether oxygens (including phenoxy) is 1. The molecule has 18 heavy (non-hydrogen) atoms. The molecule has 0 atom stereocenters. The molecular formula is C13H13NO4. The van der Waals surface area contributed by atoms with Crippen LogP contribution in [0, 0.1) is 6.92 Å². The molecule has 0 amide bonds. The van der Waals surface area contributed by atoms with E-state index in [9.17, 15) is 14.8 Å². The molecule has 1 heterocycles. The van der Waals surface area contributed by atoms with Gasteiger partial charge in [0, 0.05) is 0 Å². The fourth-order valence-electron chi connectivity index (χ4n) is 1.88. The van der Waals surface area contributed by atoms with Gasteiger partial charge < -0.3 is 9.94 Å². The molecule has 0 aliphatic heterocycles. The van der Waals surface area contributed by atoms with Gasteiger partial charge in [-0.2, -0.15) is 4.73 Å². The monoisotopic (exact) mass is 247 g/mol. The first kappa shape index (κ1) is 12.2. The number of fused-ring (bicyclic) bond motifs is 1. The molecule has 5 heteroatoms. The lowest BCUT2D eigenvalue weighted by Gasteiger charge is -2.11. The average molecular weight is 247 g/mol. The molecule has 0 radical (unpaired) electrons. The number of benzene rings is 1. The summed E-state index contributed by atoms with van der Waals surface area (Å²) in [4.78, 5) is 23.9. The van der Waals surface area contributed by atoms with Crippen molar-refractivity contribution in [2.24, 2.45) is 0 Å². The number of aromatic nitrogens is 1. The Morgan fingerprint density at radius 3 is 2.72 bits per heavy atom. The van der Waals surface area contributed by atoms with Gasteiger partial charge in [0.1, 0.15) is 5.56 Å². The van der Waals surface area contributed by atoms with Crippen molar-refractivity contribution in [2.45, 2.75) is 13.8 Å². The summed E-state index contributed by atoms with van der Waals surface area (Å²) in [5, 5.41) is 10.2. The van der Waals surface area contributed by atoms with Gasteiger partial charge in [-0.05, 0) is 26.0 Å². The topological polar surface area (TPSA) is 68.5 Å². The van der Waals surface area contributed by atoms with Crippen LogP contribution in [0.2, 0.25) is 0 Å². The van der Waals surface area contributed by atoms with Gasteiger partial charge in [-0.1, -0.05) is 12.1 Å². The maximum atomic E-state index is 12.2. The highest BCUT2D eigenvalue weighted by atomic mass is 16.5. The van der Waals surface area contributed by atoms with E-state index in [1.54, 1.807) is 31.2 Å². The van der Waals surface area contributed by atoms with E-state index in [4.69, 9.17) is 4.74 Å². The lowest BCUT2D eigenvalue weighted by Crippen LogP contribution is -2.23. The first-order valence-corrected chi connectivity index (χ1v) is 5.58. The average Bonchev–Trinajstić information content (AvgIpc) is 2.37. The first-order chi connectivity index (χ1) is 8.57. The Kier molecular flexibility index (Phi) is 3.06. The molecule has 0 aliphatic rings. The van der Waals surface area contributed by atoms with Crippen molar-refractivity contribution in [3.05, 3.63) is 45.7 Å². The summed E-state index contributed by atoms with van der Waals surface area (Å²) in [5.74, 6) is -0.714. The van der Waals surface area contributed by atoms with E-state index in [1.165, 1.54) is 6.92 Å². The summed E-state index contributed by atoms with van der Waals surface area (Å²) >= 11 is 0. The number of carbonyl (C=O) groups excluding carboxylic acids is 1. The number of hydrogen-bond acceptors (Lipinski definition) is 4. The Morgan fingerprint density at radius 2 is 2.06 bits per heavy atom. The minimum Gasteiger partial charge on any atom is -0.462 e. The van der Waals surface area contributed by atoms with Crippen LogP contribution in [0.25, 0.3) is 10.9 Å². The van der Waals surface area contributed by atoms with E-state index in [1.807, 2.05) is 0 Å². The largest absolute Gasteiger partial charge is 0.462 e. The van der Waals surface area contributed by atoms with Crippen LogP contribution in [-0.2, 0) is 4.74 Å². The maximum absolute atomic E-state index is 12.2. The summed E-state index contributed by atoms with van der Waals surface area (Å²) in [5.41, 5.74) is -0.00454. The van der Waals surface area contributed by atoms with E-state index in [2.05, 4.69) is 0 Å². The van der Waals surface area contributed by atoms with Crippen molar-refractivity contribution in [1.29, 1.82) is 0 Å². The number of carbonyl (C=O) groups is 1. The third kappa shape index (κ3) is 1.73. The standard InChI is InChI=1S/C13H13NO4/c1-3-18-13(16)11-8(2)14(17)10-7-5-4-6-9(10)12(11)15/h4-7,17H,3H2,1-2H3. The Balaban J connectivity index is 2.83. The van der Waals surface area contributed by atoms with Gasteiger partial charge in [-0.25, -0.2) is 4.79 Å². The highest BCUT2D eigenvalue weighted by Crippen LogP contribution is 2.14. The van der Waals surface area contributed by atoms with Gasteiger partial charge in [-0.3, -0.25) is 4.79 Å². The molecule has 1 aromatic heterocycles. The quantitative estimate of drug-likeness (QED) is 0.648. The third-order valence-electron chi connectivity index (χ3n) is 2.76. The smallest absolute Gasteiger partial charge is 0.344 e. The second kappa shape index (κ2) is 4.52. The Hall–Kier alpha value is -2.30. The van der Waals surface area contributed by atoms with Crippen molar-refractivity contribution >= 4 is 16.9 Å². The van der Waals surface area contributed by atoms with Crippen LogP contribution in [0.5, 0.6) is 0 Å². The Labute approximate surface area is 103 Å². The molecule has 2 aromatic rings. The molecule has 0 aliphatic carbocycles. The van der Waals surface area contributed by atoms with Gasteiger partial charge >= 0.3 is 5.97 Å². The summed E-state index contributed by atoms with van der Waals surface area (Å²) in [6, 6.07) is 6.55. The van der Waals surface area contributed by atoms with E-state index in [-0.39, 0.29) is 23.3 Å². The first-order valence-electron chi connectivity index (χ1n) is 5.58. The molecule has 5 nitrogen and oxygen atoms in total. The van der Waals surface area contributed by atoms with Crippen molar-refractivity contribution < 1.29 is 14.7 Å². The lowest BCUT2D eigenvalue weighted by molar-refractivity contribution is 0.0519. The van der Waals surface area contributed by atoms with Gasteiger partial charge in [0.2, 0.25) is 5.43 Å². The summed E-state index contributed by atoms with van der Waals surface area (Å²) in [6.07, 6.45) is 0. The molecule has 1 aromatic carbocycles. The van der Waals surface area contributed by atoms with E-state index in [0.717, 1.165) is 4.73 Å². The normalized spacial score (nSPS) is 10.6. The predicted molar refractivity (Wildman–Crippen MR) is 66.1 cm³/mol. The van der Waals surface area contributed by atoms with E-state index >= 15 is 0 Å². The number of esters is 1. The van der Waals surface area contributed by atoms with Crippen LogP contribution in [0.3, 0.4) is 0 Å². The van der Waals surface area contributed by atoms with Gasteiger partial charge in [-0.15, -0.1) is 0 Å². The van der Waals surface area contributed by atoms with Crippen LogP contribution in [0.1, 0.15) is 23.0 Å². The zero-order valence-corrected chi connectivity index (χ0v) is 10.1. The number of pyridine rings is 1. The molecule has 0 spiro atoms. The fraction of sp³-hybridized carbons (Fsp3) is 0.231. The minimum absolute atomic E-state index is 0.127. The molecule has 0 unspecified atom stereocenters. The molecule has 0 saturated carbocycles. The fourth-order valence-corrected chi connectivity index (χ4v) is 1.88. The summed E-state index contributed by atoms with van der Waals surface area (Å²) < 4.78 is 5.67. The minimum atomic E-state index is -0.714. The van der Waals surface area contributed by atoms with Crippen LogP contribution in [-0.4, -0.2) is 22.5 Å². The van der Waals surface area contributed by atoms with Crippen molar-refractivity contribution in [2.75, 3.05) is 6.61 Å². The number of para-hydroxylation sites is 1. The van der Waals surface area contributed by atoms with Crippen molar-refractivity contribution in [1.82, 2.24) is 4.73 Å². The number of hydrogen-bond donors (Lipinski definition) is 1. The zero-order chi connectivity index (χ0) is 13.3. The van der Waals surface area contributed by atoms with Gasteiger partial charge in [0.05, 0.1) is 23.2 Å². The second-order valence-electron chi connectivity index (χ2n) is 3.84. The molecule has 2 rings (SSSR count). The second-order valence-corrected chi connectivity index (χ2v) is 3.84. The van der Waals surface area contributed by atoms with Crippen molar-refractivity contribution in [3.8, 4) is 0 Å². The van der Waals surface area contributed by atoms with E-state index in [0.29, 0.717) is 5.52 Å². The molecule has 94 valence electrons. The van der Waals surface area contributed by atoms with Gasteiger partial charge in [0.15, 0.2) is 0 Å². The summed E-state index contributed by atoms with van der Waals surface area (Å²) in [7, 11) is 0. The van der Waals surface area contributed by atoms with Crippen LogP contribution in [0.15, 0.2) is 29.1 Å². The highest BCUT2D eigenvalue weighted by Gasteiger charge is 2.20. The molecule has 0 bridgehead atoms. The molecule has 0 saturated heterocycles. The summed E-state index contributed by atoms with van der Waals surface area (Å²) in [6.45, 7) is 3.34. The highest BCUT2D eigenvalue weighted by molar-refractivity contribution is 5.95. The number of nitrogens with zero attached hydrogens (tertiary/aromatic N) is 1. The van der Waals surface area contributed by atoms with Crippen LogP contribution in [0.4, 0.5) is 0 Å². The van der Waals surface area contributed by atoms with E-state index < -0.39 is 11.4 Å². The van der Waals surface area contributed by atoms with Gasteiger partial charge in [0.25, 0.3) is 0 Å². The molecule has 1 N–H and O–H groups in total. The maximum Gasteiger partial charge on any atom is 0.344 e. The van der Waals surface area contributed by atoms with Crippen LogP contribution < -0.4 is 5.43 Å². The predicted octanol–water partition coefficient (Wildman–Crippen LogP) is 1.72. The van der Waals surface area contributed by atoms with Crippen LogP contribution >= 0.6 is 0 Å². The zero-order valence-electron chi connectivity index (χ0n) is 10.1. The molecule has 0 fully saturated rings. The Morgan fingerprint density at radius 1 is 1.39 bits per heavy atom.